The maximum absolute atomic E-state index is 2.69. The number of hydrogen-bond donors (Lipinski definition) is 0. The van der Waals surface area contributed by atoms with E-state index in [1.807, 2.05) is 11.3 Å². The van der Waals surface area contributed by atoms with Gasteiger partial charge in [-0.3, -0.25) is 0 Å². The fourth-order valence-corrected chi connectivity index (χ4v) is 15.4. The Morgan fingerprint density at radius 1 is 0.358 bits per heavy atom. The van der Waals surface area contributed by atoms with Crippen LogP contribution < -0.4 is 25.6 Å². The molecular weight excluding hydrogens is 675 g/mol. The lowest BCUT2D eigenvalue weighted by Gasteiger charge is -2.33. The summed E-state index contributed by atoms with van der Waals surface area (Å²) in [5.74, 6) is 0. The first-order valence-corrected chi connectivity index (χ1v) is 21.1. The summed E-state index contributed by atoms with van der Waals surface area (Å²) in [7, 11) is -2.69. The number of hydrogen-bond acceptors (Lipinski definition) is 2. The van der Waals surface area contributed by atoms with Crippen molar-refractivity contribution < 1.29 is 0 Å². The molecule has 1 aromatic heterocycles. The Morgan fingerprint density at radius 2 is 0.925 bits per heavy atom. The second-order valence-corrected chi connectivity index (χ2v) is 18.8. The number of anilines is 3. The summed E-state index contributed by atoms with van der Waals surface area (Å²) in [5.41, 5.74) is 6.20. The van der Waals surface area contributed by atoms with Crippen molar-refractivity contribution in [3.8, 4) is 11.1 Å². The number of fused-ring (bicyclic) bond motifs is 9. The predicted molar refractivity (Wildman–Crippen MR) is 232 cm³/mol. The highest BCUT2D eigenvalue weighted by Gasteiger charge is 2.48. The summed E-state index contributed by atoms with van der Waals surface area (Å²) in [6.07, 6.45) is 0. The van der Waals surface area contributed by atoms with Gasteiger partial charge in [0.25, 0.3) is 0 Å². The van der Waals surface area contributed by atoms with E-state index in [4.69, 9.17) is 0 Å². The van der Waals surface area contributed by atoms with Gasteiger partial charge >= 0.3 is 0 Å². The van der Waals surface area contributed by atoms with E-state index in [1.165, 1.54) is 85.0 Å². The molecule has 0 fully saturated rings. The van der Waals surface area contributed by atoms with Gasteiger partial charge in [0.2, 0.25) is 0 Å². The minimum absolute atomic E-state index is 1.16. The zero-order valence-corrected chi connectivity index (χ0v) is 30.7. The van der Waals surface area contributed by atoms with E-state index in [1.54, 1.807) is 0 Å². The molecule has 1 nitrogen and oxygen atoms in total. The van der Waals surface area contributed by atoms with Crippen LogP contribution in [-0.4, -0.2) is 8.07 Å². The average Bonchev–Trinajstić information content (AvgIpc) is 3.75. The summed E-state index contributed by atoms with van der Waals surface area (Å²) >= 11 is 1.88. The summed E-state index contributed by atoms with van der Waals surface area (Å²) in [5, 5.41) is 13.3. The molecule has 248 valence electrons. The third kappa shape index (κ3) is 4.48. The lowest BCUT2D eigenvalue weighted by molar-refractivity contribution is 1.31. The quantitative estimate of drug-likeness (QED) is 0.127. The molecule has 1 aliphatic heterocycles. The third-order valence-electron chi connectivity index (χ3n) is 11.3. The monoisotopic (exact) mass is 707 g/mol. The zero-order valence-electron chi connectivity index (χ0n) is 28.9. The Morgan fingerprint density at radius 3 is 1.72 bits per heavy atom. The van der Waals surface area contributed by atoms with Gasteiger partial charge in [0.15, 0.2) is 8.07 Å². The maximum Gasteiger partial charge on any atom is 0.180 e. The lowest BCUT2D eigenvalue weighted by Crippen LogP contribution is -2.72. The molecule has 0 unspecified atom stereocenters. The molecule has 9 aromatic carbocycles. The fraction of sp³-hybridized carbons (Fsp3) is 0. The minimum Gasteiger partial charge on any atom is -0.310 e. The molecule has 0 radical (unpaired) electrons. The second-order valence-electron chi connectivity index (χ2n) is 14.0. The Balaban J connectivity index is 1.24. The van der Waals surface area contributed by atoms with Crippen molar-refractivity contribution in [3.05, 3.63) is 200 Å². The highest BCUT2D eigenvalue weighted by Crippen LogP contribution is 2.45. The molecular formula is C50H33NSSi. The van der Waals surface area contributed by atoms with Crippen LogP contribution in [0.5, 0.6) is 0 Å². The molecule has 0 N–H and O–H groups in total. The van der Waals surface area contributed by atoms with Crippen molar-refractivity contribution in [1.82, 2.24) is 0 Å². The lowest BCUT2D eigenvalue weighted by atomic mass is 9.98. The van der Waals surface area contributed by atoms with Gasteiger partial charge in [0.1, 0.15) is 0 Å². The number of thiophene rings is 1. The molecule has 1 aliphatic rings. The Kier molecular flexibility index (Phi) is 6.81. The van der Waals surface area contributed by atoms with Crippen LogP contribution in [0.15, 0.2) is 200 Å². The standard InChI is InChI=1S/C50H33NSSi/c1-3-16-37(17-4-1)53(38-18-5-2-6-19-38)49-26-14-12-24-44(49)45-30-28-36(33-50(45)53)51(35-27-29-43-42-23-11-13-25-47(42)52-48(43)32-35)46-31-34-15-7-8-20-39(34)40-21-9-10-22-41(40)46/h1-33H. The number of rotatable bonds is 5. The molecule has 0 aliphatic carbocycles. The topological polar surface area (TPSA) is 3.24 Å². The van der Waals surface area contributed by atoms with E-state index in [0.717, 1.165) is 5.69 Å². The number of nitrogens with zero attached hydrogens (tertiary/aromatic N) is 1. The van der Waals surface area contributed by atoms with E-state index in [-0.39, 0.29) is 0 Å². The van der Waals surface area contributed by atoms with Crippen LogP contribution in [0.3, 0.4) is 0 Å². The molecule has 2 heterocycles. The smallest absolute Gasteiger partial charge is 0.180 e. The van der Waals surface area contributed by atoms with Crippen molar-refractivity contribution in [2.75, 3.05) is 4.90 Å². The van der Waals surface area contributed by atoms with Gasteiger partial charge in [-0.25, -0.2) is 0 Å². The highest BCUT2D eigenvalue weighted by atomic mass is 32.1. The van der Waals surface area contributed by atoms with Crippen LogP contribution in [0.1, 0.15) is 0 Å². The second kappa shape index (κ2) is 11.9. The van der Waals surface area contributed by atoms with Crippen LogP contribution in [-0.2, 0) is 0 Å². The minimum atomic E-state index is -2.69. The van der Waals surface area contributed by atoms with E-state index in [2.05, 4.69) is 205 Å². The largest absolute Gasteiger partial charge is 0.310 e. The van der Waals surface area contributed by atoms with Crippen LogP contribution in [0, 0.1) is 0 Å². The van der Waals surface area contributed by atoms with E-state index in [9.17, 15) is 0 Å². The summed E-state index contributed by atoms with van der Waals surface area (Å²) in [6.45, 7) is 0. The Hall–Kier alpha value is -6.26. The Bertz CT molecular complexity index is 2980. The number of benzene rings is 9. The summed E-state index contributed by atoms with van der Waals surface area (Å²) in [6, 6.07) is 75.0. The van der Waals surface area contributed by atoms with Crippen molar-refractivity contribution >= 4 is 98.9 Å². The van der Waals surface area contributed by atoms with Gasteiger partial charge in [0.05, 0.1) is 5.69 Å². The van der Waals surface area contributed by atoms with Gasteiger partial charge < -0.3 is 4.90 Å². The van der Waals surface area contributed by atoms with Gasteiger partial charge in [-0.15, -0.1) is 11.3 Å². The molecule has 53 heavy (non-hydrogen) atoms. The molecule has 0 spiro atoms. The van der Waals surface area contributed by atoms with Gasteiger partial charge in [-0.2, -0.15) is 0 Å². The van der Waals surface area contributed by atoms with Gasteiger partial charge in [-0.05, 0) is 84.4 Å². The molecule has 0 atom stereocenters. The van der Waals surface area contributed by atoms with Crippen molar-refractivity contribution in [1.29, 1.82) is 0 Å². The molecule has 0 saturated heterocycles. The molecule has 0 amide bonds. The molecule has 0 bridgehead atoms. The molecule has 11 rings (SSSR count). The SMILES string of the molecule is c1ccc([Si]2(c3ccccc3)c3ccccc3-c3ccc(N(c4ccc5c(c4)sc4ccccc45)c4cc5ccccc5c5ccccc45)cc32)cc1. The van der Waals surface area contributed by atoms with E-state index >= 15 is 0 Å². The van der Waals surface area contributed by atoms with Crippen LogP contribution in [0.2, 0.25) is 0 Å². The first kappa shape index (κ1) is 30.4. The normalized spacial score (nSPS) is 13.1. The van der Waals surface area contributed by atoms with E-state index < -0.39 is 8.07 Å². The average molecular weight is 708 g/mol. The third-order valence-corrected chi connectivity index (χ3v) is 17.3. The van der Waals surface area contributed by atoms with Crippen LogP contribution in [0.4, 0.5) is 17.1 Å². The maximum atomic E-state index is 2.54. The molecule has 10 aromatic rings. The molecule has 0 saturated carbocycles. The van der Waals surface area contributed by atoms with Crippen molar-refractivity contribution in [3.63, 3.8) is 0 Å². The molecule has 3 heteroatoms. The van der Waals surface area contributed by atoms with Gasteiger partial charge in [-0.1, -0.05) is 164 Å². The first-order chi connectivity index (χ1) is 26.3. The van der Waals surface area contributed by atoms with Crippen LogP contribution in [0.25, 0.3) is 52.8 Å². The predicted octanol–water partition coefficient (Wildman–Crippen LogP) is 11.2. The Labute approximate surface area is 313 Å². The summed E-state index contributed by atoms with van der Waals surface area (Å²) < 4.78 is 2.61. The van der Waals surface area contributed by atoms with Crippen molar-refractivity contribution in [2.24, 2.45) is 0 Å². The summed E-state index contributed by atoms with van der Waals surface area (Å²) in [4.78, 5) is 2.52. The van der Waals surface area contributed by atoms with Crippen LogP contribution >= 0.6 is 11.3 Å². The zero-order chi connectivity index (χ0) is 34.9. The first-order valence-electron chi connectivity index (χ1n) is 18.3. The van der Waals surface area contributed by atoms with Crippen molar-refractivity contribution in [2.45, 2.75) is 0 Å². The van der Waals surface area contributed by atoms with E-state index in [0.29, 0.717) is 0 Å². The highest BCUT2D eigenvalue weighted by molar-refractivity contribution is 7.26. The fourth-order valence-electron chi connectivity index (χ4n) is 9.07. The van der Waals surface area contributed by atoms with Gasteiger partial charge in [0, 0.05) is 36.9 Å².